The molecular weight excluding hydrogens is 392 g/mol. The summed E-state index contributed by atoms with van der Waals surface area (Å²) in [6, 6.07) is 9.30. The van der Waals surface area contributed by atoms with Gasteiger partial charge in [-0.25, -0.2) is 8.78 Å². The zero-order chi connectivity index (χ0) is 21.5. The van der Waals surface area contributed by atoms with E-state index in [1.165, 1.54) is 42.7 Å². The molecule has 1 fully saturated rings. The smallest absolute Gasteiger partial charge is 0.307 e. The number of piperidine rings is 1. The Morgan fingerprint density at radius 3 is 2.73 bits per heavy atom. The van der Waals surface area contributed by atoms with Crippen molar-refractivity contribution in [2.75, 3.05) is 26.2 Å². The zero-order valence-electron chi connectivity index (χ0n) is 16.4. The molecule has 1 N–H and O–H groups in total. The molecule has 1 atom stereocenters. The fraction of sp³-hybridized carbons (Fsp3) is 0.304. The van der Waals surface area contributed by atoms with Crippen molar-refractivity contribution in [3.63, 3.8) is 0 Å². The summed E-state index contributed by atoms with van der Waals surface area (Å²) >= 11 is 0. The molecule has 1 heterocycles. The molecular formula is C23H23F2NO4. The van der Waals surface area contributed by atoms with E-state index in [0.29, 0.717) is 31.7 Å². The van der Waals surface area contributed by atoms with Crippen LogP contribution in [0.5, 0.6) is 0 Å². The van der Waals surface area contributed by atoms with E-state index in [1.807, 2.05) is 4.90 Å². The summed E-state index contributed by atoms with van der Waals surface area (Å²) in [5.74, 6) is -2.99. The van der Waals surface area contributed by atoms with E-state index >= 15 is 0 Å². The first-order valence-electron chi connectivity index (χ1n) is 9.78. The van der Waals surface area contributed by atoms with Crippen LogP contribution in [0.3, 0.4) is 0 Å². The average molecular weight is 415 g/mol. The minimum Gasteiger partial charge on any atom is -0.500 e. The number of hydrogen-bond acceptors (Lipinski definition) is 4. The second kappa shape index (κ2) is 10.1. The molecule has 0 bridgehead atoms. The molecule has 1 saturated heterocycles. The van der Waals surface area contributed by atoms with Crippen LogP contribution >= 0.6 is 0 Å². The van der Waals surface area contributed by atoms with Gasteiger partial charge in [-0.2, -0.15) is 0 Å². The van der Waals surface area contributed by atoms with Crippen LogP contribution in [-0.2, 0) is 9.53 Å². The number of ether oxygens (including phenoxy) is 1. The van der Waals surface area contributed by atoms with Crippen LogP contribution < -0.4 is 0 Å². The third-order valence-electron chi connectivity index (χ3n) is 5.10. The molecule has 0 aromatic heterocycles. The molecule has 0 radical (unpaired) electrons. The number of likely N-dealkylation sites (tertiary alicyclic amines) is 1. The molecule has 1 aliphatic heterocycles. The molecule has 0 amide bonds. The number of carbonyl (C=O) groups is 2. The molecule has 1 aliphatic rings. The number of rotatable bonds is 8. The van der Waals surface area contributed by atoms with Crippen molar-refractivity contribution in [2.24, 2.45) is 5.92 Å². The van der Waals surface area contributed by atoms with Crippen LogP contribution in [-0.4, -0.2) is 48.0 Å². The number of carboxylic acid groups (broad SMARTS) is 1. The SMILES string of the molecule is O=C(c1ccccc1F)c1cc(F)ccc1/C=C/OCCN1CCCC(C(=O)O)C1. The van der Waals surface area contributed by atoms with Crippen molar-refractivity contribution < 1.29 is 28.2 Å². The van der Waals surface area contributed by atoms with Crippen molar-refractivity contribution in [1.82, 2.24) is 4.90 Å². The second-order valence-electron chi connectivity index (χ2n) is 7.19. The van der Waals surface area contributed by atoms with Gasteiger partial charge >= 0.3 is 5.97 Å². The first-order valence-corrected chi connectivity index (χ1v) is 9.78. The van der Waals surface area contributed by atoms with Crippen LogP contribution in [0, 0.1) is 17.6 Å². The highest BCUT2D eigenvalue weighted by Gasteiger charge is 2.24. The number of halogens is 2. The van der Waals surface area contributed by atoms with Gasteiger partial charge in [0.25, 0.3) is 0 Å². The summed E-state index contributed by atoms with van der Waals surface area (Å²) < 4.78 is 33.2. The fourth-order valence-corrected chi connectivity index (χ4v) is 3.49. The van der Waals surface area contributed by atoms with Gasteiger partial charge in [-0.05, 0) is 55.3 Å². The Balaban J connectivity index is 1.61. The van der Waals surface area contributed by atoms with E-state index < -0.39 is 23.4 Å². The highest BCUT2D eigenvalue weighted by molar-refractivity contribution is 6.11. The third-order valence-corrected chi connectivity index (χ3v) is 5.10. The van der Waals surface area contributed by atoms with Crippen LogP contribution in [0.1, 0.15) is 34.3 Å². The second-order valence-corrected chi connectivity index (χ2v) is 7.19. The van der Waals surface area contributed by atoms with Gasteiger partial charge in [0.15, 0.2) is 5.78 Å². The summed E-state index contributed by atoms with van der Waals surface area (Å²) in [4.78, 5) is 25.8. The van der Waals surface area contributed by atoms with Gasteiger partial charge in [-0.1, -0.05) is 18.2 Å². The Hall–Kier alpha value is -3.06. The molecule has 3 rings (SSSR count). The van der Waals surface area contributed by atoms with Gasteiger partial charge in [-0.15, -0.1) is 0 Å². The Bertz CT molecular complexity index is 945. The van der Waals surface area contributed by atoms with Gasteiger partial charge in [0.05, 0.1) is 24.4 Å². The lowest BCUT2D eigenvalue weighted by Crippen LogP contribution is -2.40. The minimum absolute atomic E-state index is 0.0419. The highest BCUT2D eigenvalue weighted by atomic mass is 19.1. The van der Waals surface area contributed by atoms with Crippen molar-refractivity contribution in [3.8, 4) is 0 Å². The molecule has 7 heteroatoms. The molecule has 2 aromatic carbocycles. The van der Waals surface area contributed by atoms with E-state index in [-0.39, 0.29) is 17.0 Å². The van der Waals surface area contributed by atoms with Crippen molar-refractivity contribution in [1.29, 1.82) is 0 Å². The summed E-state index contributed by atoms with van der Waals surface area (Å²) in [6.45, 7) is 2.26. The molecule has 30 heavy (non-hydrogen) atoms. The molecule has 5 nitrogen and oxygen atoms in total. The van der Waals surface area contributed by atoms with Crippen LogP contribution in [0.4, 0.5) is 8.78 Å². The molecule has 0 aliphatic carbocycles. The maximum atomic E-state index is 14.0. The third kappa shape index (κ3) is 5.51. The van der Waals surface area contributed by atoms with Gasteiger partial charge in [-0.3, -0.25) is 14.5 Å². The first kappa shape index (κ1) is 21.6. The van der Waals surface area contributed by atoms with Crippen LogP contribution in [0.2, 0.25) is 0 Å². The number of ketones is 1. The zero-order valence-corrected chi connectivity index (χ0v) is 16.4. The van der Waals surface area contributed by atoms with Gasteiger partial charge < -0.3 is 9.84 Å². The van der Waals surface area contributed by atoms with E-state index in [0.717, 1.165) is 19.0 Å². The standard InChI is InChI=1S/C23H23F2NO4/c24-18-8-7-16(20(14-18)22(27)19-5-1-2-6-21(19)25)9-12-30-13-11-26-10-3-4-17(15-26)23(28)29/h1-2,5-9,12,14,17H,3-4,10-11,13,15H2,(H,28,29)/b12-9+. The minimum atomic E-state index is -0.774. The normalized spacial score (nSPS) is 17.2. The summed E-state index contributed by atoms with van der Waals surface area (Å²) in [7, 11) is 0. The molecule has 2 aromatic rings. The Morgan fingerprint density at radius 2 is 1.97 bits per heavy atom. The number of carboxylic acids is 1. The number of hydrogen-bond donors (Lipinski definition) is 1. The fourth-order valence-electron chi connectivity index (χ4n) is 3.49. The lowest BCUT2D eigenvalue weighted by atomic mass is 9.98. The topological polar surface area (TPSA) is 66.8 Å². The predicted octanol–water partition coefficient (Wildman–Crippen LogP) is 3.98. The molecule has 0 saturated carbocycles. The van der Waals surface area contributed by atoms with E-state index in [9.17, 15) is 18.4 Å². The van der Waals surface area contributed by atoms with E-state index in [2.05, 4.69) is 0 Å². The van der Waals surface area contributed by atoms with Gasteiger partial charge in [0.2, 0.25) is 0 Å². The van der Waals surface area contributed by atoms with Crippen molar-refractivity contribution in [3.05, 3.63) is 77.1 Å². The maximum absolute atomic E-state index is 14.0. The molecule has 1 unspecified atom stereocenters. The van der Waals surface area contributed by atoms with Crippen LogP contribution in [0.25, 0.3) is 6.08 Å². The quantitative estimate of drug-likeness (QED) is 0.401. The van der Waals surface area contributed by atoms with Crippen molar-refractivity contribution >= 4 is 17.8 Å². The Labute approximate surface area is 173 Å². The number of aliphatic carboxylic acids is 1. The summed E-state index contributed by atoms with van der Waals surface area (Å²) in [5, 5.41) is 9.13. The lowest BCUT2D eigenvalue weighted by Gasteiger charge is -2.30. The maximum Gasteiger partial charge on any atom is 0.307 e. The Kier molecular flexibility index (Phi) is 7.30. The van der Waals surface area contributed by atoms with Gasteiger partial charge in [0, 0.05) is 18.7 Å². The van der Waals surface area contributed by atoms with Gasteiger partial charge in [0.1, 0.15) is 11.6 Å². The Morgan fingerprint density at radius 1 is 1.17 bits per heavy atom. The monoisotopic (exact) mass is 415 g/mol. The number of nitrogens with zero attached hydrogens (tertiary/aromatic N) is 1. The van der Waals surface area contributed by atoms with Crippen molar-refractivity contribution in [2.45, 2.75) is 12.8 Å². The average Bonchev–Trinajstić information content (AvgIpc) is 2.74. The molecule has 0 spiro atoms. The highest BCUT2D eigenvalue weighted by Crippen LogP contribution is 2.20. The van der Waals surface area contributed by atoms with Crippen LogP contribution in [0.15, 0.2) is 48.7 Å². The summed E-state index contributed by atoms with van der Waals surface area (Å²) in [5.41, 5.74) is 0.325. The predicted molar refractivity (Wildman–Crippen MR) is 108 cm³/mol. The first-order chi connectivity index (χ1) is 14.5. The lowest BCUT2D eigenvalue weighted by molar-refractivity contribution is -0.143. The summed E-state index contributed by atoms with van der Waals surface area (Å²) in [6.07, 6.45) is 4.47. The number of carbonyl (C=O) groups excluding carboxylic acids is 1. The van der Waals surface area contributed by atoms with E-state index in [4.69, 9.17) is 9.84 Å². The molecule has 158 valence electrons. The largest absolute Gasteiger partial charge is 0.500 e. The van der Waals surface area contributed by atoms with E-state index in [1.54, 1.807) is 6.07 Å². The number of benzene rings is 2.